The zero-order chi connectivity index (χ0) is 20.5. The summed E-state index contributed by atoms with van der Waals surface area (Å²) >= 11 is 14.1. The molecule has 0 N–H and O–H groups in total. The fourth-order valence-corrected chi connectivity index (χ4v) is 3.56. The largest absolute Gasteiger partial charge is 0.489 e. The van der Waals surface area contributed by atoms with Crippen molar-refractivity contribution in [3.8, 4) is 11.9 Å². The third-order valence-electron chi connectivity index (χ3n) is 5.29. The quantitative estimate of drug-likeness (QED) is 0.192. The van der Waals surface area contributed by atoms with E-state index < -0.39 is 7.86 Å². The lowest BCUT2D eigenvalue weighted by atomic mass is 9.89. The molecular weight excluding hydrogens is 589 g/mol. The number of nitriles is 2. The molecule has 0 saturated carbocycles. The first-order valence-corrected chi connectivity index (χ1v) is 13.0. The van der Waals surface area contributed by atoms with E-state index in [9.17, 15) is 10.5 Å². The number of rotatable bonds is 13. The van der Waals surface area contributed by atoms with Crippen LogP contribution >= 0.6 is 63.0 Å². The lowest BCUT2D eigenvalue weighted by Gasteiger charge is -2.45. The first-order chi connectivity index (χ1) is 11.8. The van der Waals surface area contributed by atoms with Gasteiger partial charge in [-0.25, -0.2) is 73.6 Å². The van der Waals surface area contributed by atoms with Crippen LogP contribution in [0.5, 0.6) is 0 Å². The van der Waals surface area contributed by atoms with Crippen molar-refractivity contribution < 1.29 is 8.79 Å². The highest BCUT2D eigenvalue weighted by molar-refractivity contribution is 9.51. The average Bonchev–Trinajstić information content (AvgIpc) is 2.55. The van der Waals surface area contributed by atoms with Gasteiger partial charge in [-0.1, -0.05) is 37.6 Å². The molecule has 0 spiro atoms. The number of hydrogen-bond donors (Lipinski definition) is 0. The molecule has 0 saturated heterocycles. The van der Waals surface area contributed by atoms with Gasteiger partial charge >= 0.3 is 7.86 Å². The van der Waals surface area contributed by atoms with Gasteiger partial charge in [-0.05, 0) is 25.7 Å². The zero-order valence-corrected chi connectivity index (χ0v) is 22.9. The van der Waals surface area contributed by atoms with Crippen LogP contribution in [-0.4, -0.2) is 57.9 Å². The Hall–Kier alpha value is 0.950. The third-order valence-corrected chi connectivity index (χ3v) is 10.5. The Balaban J connectivity index is 3.77. The van der Waals surface area contributed by atoms with Crippen molar-refractivity contribution >= 4 is 70.9 Å². The maximum absolute atomic E-state index is 9.23. The van der Waals surface area contributed by atoms with Gasteiger partial charge in [0.05, 0.1) is 0 Å². The Bertz CT molecular complexity index is 467. The summed E-state index contributed by atoms with van der Waals surface area (Å²) in [6, 6.07) is 0. The Morgan fingerprint density at radius 1 is 0.577 bits per heavy atom. The maximum Gasteiger partial charge on any atom is 0.424 e. The van der Waals surface area contributed by atoms with Crippen LogP contribution in [0.25, 0.3) is 0 Å². The number of nitrogens with zero attached hydrogens (tertiary/aromatic N) is 4. The molecule has 0 atom stereocenters. The molecule has 0 aliphatic rings. The van der Waals surface area contributed by atoms with Crippen molar-refractivity contribution in [2.75, 3.05) is 41.3 Å². The van der Waals surface area contributed by atoms with Crippen LogP contribution in [-0.2, 0) is 0 Å². The second-order valence-electron chi connectivity index (χ2n) is 8.34. The van der Waals surface area contributed by atoms with Crippen molar-refractivity contribution in [3.63, 3.8) is 0 Å². The van der Waals surface area contributed by atoms with E-state index in [0.29, 0.717) is 8.79 Å². The summed E-state index contributed by atoms with van der Waals surface area (Å²) in [5, 5.41) is 18.5. The van der Waals surface area contributed by atoms with Crippen LogP contribution in [0.15, 0.2) is 0 Å². The normalized spacial score (nSPS) is 13.3. The lowest BCUT2D eigenvalue weighted by Crippen LogP contribution is -2.56. The van der Waals surface area contributed by atoms with Gasteiger partial charge in [-0.3, -0.25) is 0 Å². The van der Waals surface area contributed by atoms with Gasteiger partial charge in [0.1, 0.15) is 0 Å². The summed E-state index contributed by atoms with van der Waals surface area (Å²) in [7, 11) is 8.37. The molecular formula is C16H32B2Br4N4. The number of halogens is 4. The lowest BCUT2D eigenvalue weighted by molar-refractivity contribution is -0.781. The molecule has 10 heteroatoms. The number of quaternary nitrogens is 2. The third kappa shape index (κ3) is 8.97. The van der Waals surface area contributed by atoms with Crippen molar-refractivity contribution in [2.24, 2.45) is 0 Å². The summed E-state index contributed by atoms with van der Waals surface area (Å²) in [5.41, 5.74) is 0. The predicted molar refractivity (Wildman–Crippen MR) is 129 cm³/mol. The molecule has 0 aromatic carbocycles. The molecule has 0 bridgehead atoms. The van der Waals surface area contributed by atoms with Gasteiger partial charge in [0.25, 0.3) is 0 Å². The Labute approximate surface area is 193 Å². The molecule has 0 unspecified atom stereocenters. The summed E-state index contributed by atoms with van der Waals surface area (Å²) in [6.45, 7) is 2.00. The Kier molecular flexibility index (Phi) is 12.3. The first-order valence-electron chi connectivity index (χ1n) is 9.34. The van der Waals surface area contributed by atoms with Crippen molar-refractivity contribution in [2.45, 2.75) is 51.4 Å². The number of hydrogen-bond acceptors (Lipinski definition) is 2. The summed E-state index contributed by atoms with van der Waals surface area (Å²) < 4.78 is -1.40. The van der Waals surface area contributed by atoms with Crippen LogP contribution in [0.3, 0.4) is 0 Å². The molecule has 0 rings (SSSR count). The molecule has 0 aliphatic heterocycles. The first kappa shape index (κ1) is 26.9. The predicted octanol–water partition coefficient (Wildman–Crippen LogP) is 5.84. The summed E-state index contributed by atoms with van der Waals surface area (Å²) in [4.78, 5) is 0. The SMILES string of the molecule is C[N+](C)(CCCCCCCCCC[N+](C)(C)[B-](Br)(Br)C#N)[B-](Br)(Br)C#N. The van der Waals surface area contributed by atoms with E-state index in [0.717, 1.165) is 25.9 Å². The van der Waals surface area contributed by atoms with Gasteiger partial charge in [0, 0.05) is 41.3 Å². The van der Waals surface area contributed by atoms with Gasteiger partial charge in [-0.15, -0.1) is 0 Å². The average molecular weight is 622 g/mol. The van der Waals surface area contributed by atoms with E-state index >= 15 is 0 Å². The number of unbranched alkanes of at least 4 members (excludes halogenated alkanes) is 7. The van der Waals surface area contributed by atoms with E-state index in [1.807, 2.05) is 0 Å². The molecule has 26 heavy (non-hydrogen) atoms. The van der Waals surface area contributed by atoms with Crippen molar-refractivity contribution in [1.29, 1.82) is 10.5 Å². The van der Waals surface area contributed by atoms with Gasteiger partial charge in [0.15, 0.2) is 0 Å². The molecule has 0 aliphatic carbocycles. The second kappa shape index (κ2) is 11.8. The minimum atomic E-state index is -1.37. The summed E-state index contributed by atoms with van der Waals surface area (Å²) in [5.74, 6) is 4.66. The molecule has 0 radical (unpaired) electrons. The zero-order valence-electron chi connectivity index (χ0n) is 16.5. The minimum Gasteiger partial charge on any atom is -0.489 e. The van der Waals surface area contributed by atoms with E-state index in [1.54, 1.807) is 0 Å². The fraction of sp³-hybridized carbons (Fsp3) is 0.875. The van der Waals surface area contributed by atoms with Crippen LogP contribution < -0.4 is 0 Å². The molecule has 0 aromatic rings. The smallest absolute Gasteiger partial charge is 0.424 e. The highest BCUT2D eigenvalue weighted by Crippen LogP contribution is 2.30. The molecule has 0 aromatic heterocycles. The molecule has 0 fully saturated rings. The van der Waals surface area contributed by atoms with Crippen LogP contribution in [0.2, 0.25) is 0 Å². The van der Waals surface area contributed by atoms with Gasteiger partial charge < -0.3 is 8.79 Å². The van der Waals surface area contributed by atoms with E-state index in [1.165, 1.54) is 38.5 Å². The van der Waals surface area contributed by atoms with E-state index in [2.05, 4.69) is 103 Å². The van der Waals surface area contributed by atoms with Gasteiger partial charge in [0.2, 0.25) is 0 Å². The van der Waals surface area contributed by atoms with E-state index in [-0.39, 0.29) is 0 Å². The Morgan fingerprint density at radius 2 is 0.808 bits per heavy atom. The fourth-order valence-electron chi connectivity index (χ4n) is 2.74. The Morgan fingerprint density at radius 3 is 1.04 bits per heavy atom. The van der Waals surface area contributed by atoms with Gasteiger partial charge in [-0.2, -0.15) is 0 Å². The second-order valence-corrected chi connectivity index (χ2v) is 16.1. The maximum atomic E-state index is 9.23. The minimum absolute atomic E-state index is 0.664. The van der Waals surface area contributed by atoms with Crippen LogP contribution in [0.1, 0.15) is 51.4 Å². The molecule has 0 amide bonds. The summed E-state index contributed by atoms with van der Waals surface area (Å²) in [6.07, 6.45) is 9.85. The topological polar surface area (TPSA) is 47.6 Å². The van der Waals surface area contributed by atoms with Crippen molar-refractivity contribution in [3.05, 3.63) is 0 Å². The highest BCUT2D eigenvalue weighted by Gasteiger charge is 2.36. The highest BCUT2D eigenvalue weighted by atomic mass is 79.9. The standard InChI is InChI=1S/C16H32B2Br4N4/c1-25(2,17(19,20)15-23)13-11-9-7-5-6-8-10-12-14-26(3,4)18(21,22)16-24/h5-14H2,1-4H3. The van der Waals surface area contributed by atoms with Crippen LogP contribution in [0.4, 0.5) is 0 Å². The van der Waals surface area contributed by atoms with Crippen LogP contribution in [0, 0.1) is 22.5 Å². The monoisotopic (exact) mass is 618 g/mol. The van der Waals surface area contributed by atoms with Crippen molar-refractivity contribution in [1.82, 2.24) is 0 Å². The molecule has 4 nitrogen and oxygen atoms in total. The van der Waals surface area contributed by atoms with E-state index in [4.69, 9.17) is 0 Å². The molecule has 0 heterocycles. The molecule has 150 valence electrons.